The van der Waals surface area contributed by atoms with Crippen LogP contribution < -0.4 is 9.47 Å². The van der Waals surface area contributed by atoms with Gasteiger partial charge in [-0.05, 0) is 68.1 Å². The molecule has 162 valence electrons. The Kier molecular flexibility index (Phi) is 4.94. The van der Waals surface area contributed by atoms with Gasteiger partial charge in [0.2, 0.25) is 28.6 Å². The van der Waals surface area contributed by atoms with Gasteiger partial charge in [-0.3, -0.25) is 0 Å². The van der Waals surface area contributed by atoms with Crippen LogP contribution >= 0.6 is 0 Å². The van der Waals surface area contributed by atoms with Crippen LogP contribution in [0.5, 0.6) is 11.5 Å². The fourth-order valence-electron chi connectivity index (χ4n) is 3.93. The largest absolute Gasteiger partial charge is 0.454 e. The Balaban J connectivity index is 1.37. The Hall–Kier alpha value is -2.91. The van der Waals surface area contributed by atoms with Gasteiger partial charge in [-0.2, -0.15) is 4.31 Å². The first kappa shape index (κ1) is 20.0. The summed E-state index contributed by atoms with van der Waals surface area (Å²) in [6, 6.07) is 10.7. The van der Waals surface area contributed by atoms with Gasteiger partial charge in [0.15, 0.2) is 11.5 Å². The average molecular weight is 442 g/mol. The lowest BCUT2D eigenvalue weighted by Gasteiger charge is -2.30. The standard InChI is InChI=1S/C22H23N3O5S/c1-14-5-7-18(10-15(14)2)31(26,27)25-9-3-4-17(12-25)22-24-23-21(30-22)16-6-8-19-20(11-16)29-13-28-19/h5-8,10-11,17H,3-4,9,12-13H2,1-2H3/t17-/m0/s1. The summed E-state index contributed by atoms with van der Waals surface area (Å²) in [4.78, 5) is 0.322. The van der Waals surface area contributed by atoms with Crippen LogP contribution in [-0.2, 0) is 10.0 Å². The Labute approximate surface area is 180 Å². The third kappa shape index (κ3) is 3.68. The van der Waals surface area contributed by atoms with Crippen molar-refractivity contribution in [3.8, 4) is 23.0 Å². The lowest BCUT2D eigenvalue weighted by Crippen LogP contribution is -2.39. The van der Waals surface area contributed by atoms with Crippen LogP contribution in [0.25, 0.3) is 11.5 Å². The number of nitrogens with zero attached hydrogens (tertiary/aromatic N) is 3. The van der Waals surface area contributed by atoms with Crippen molar-refractivity contribution in [3.05, 3.63) is 53.4 Å². The molecule has 0 amide bonds. The predicted molar refractivity (Wildman–Crippen MR) is 113 cm³/mol. The normalized spacial score (nSPS) is 19.0. The van der Waals surface area contributed by atoms with Crippen molar-refractivity contribution in [2.45, 2.75) is 37.5 Å². The Morgan fingerprint density at radius 2 is 1.84 bits per heavy atom. The fourth-order valence-corrected chi connectivity index (χ4v) is 5.54. The number of aryl methyl sites for hydroxylation is 2. The molecule has 0 unspecified atom stereocenters. The van der Waals surface area contributed by atoms with Gasteiger partial charge < -0.3 is 13.9 Å². The monoisotopic (exact) mass is 441 g/mol. The molecule has 0 saturated carbocycles. The summed E-state index contributed by atoms with van der Waals surface area (Å²) in [5.41, 5.74) is 2.76. The number of piperidine rings is 1. The van der Waals surface area contributed by atoms with Crippen LogP contribution in [-0.4, -0.2) is 42.8 Å². The number of ether oxygens (including phenoxy) is 2. The molecule has 2 aliphatic heterocycles. The zero-order valence-electron chi connectivity index (χ0n) is 17.4. The third-order valence-corrected chi connectivity index (χ3v) is 7.77. The van der Waals surface area contributed by atoms with Crippen LogP contribution in [0.3, 0.4) is 0 Å². The van der Waals surface area contributed by atoms with Gasteiger partial charge in [0.25, 0.3) is 0 Å². The molecule has 2 aromatic carbocycles. The van der Waals surface area contributed by atoms with E-state index in [1.807, 2.05) is 26.0 Å². The molecule has 31 heavy (non-hydrogen) atoms. The minimum atomic E-state index is -3.58. The van der Waals surface area contributed by atoms with E-state index in [0.29, 0.717) is 41.3 Å². The van der Waals surface area contributed by atoms with Crippen LogP contribution in [0, 0.1) is 13.8 Å². The molecular weight excluding hydrogens is 418 g/mol. The van der Waals surface area contributed by atoms with Gasteiger partial charge in [0.1, 0.15) is 0 Å². The molecular formula is C22H23N3O5S. The minimum absolute atomic E-state index is 0.148. The molecule has 3 heterocycles. The highest BCUT2D eigenvalue weighted by Gasteiger charge is 2.33. The summed E-state index contributed by atoms with van der Waals surface area (Å²) in [6.07, 6.45) is 1.53. The summed E-state index contributed by atoms with van der Waals surface area (Å²) in [6.45, 7) is 4.88. The van der Waals surface area contributed by atoms with Gasteiger partial charge in [-0.15, -0.1) is 10.2 Å². The van der Waals surface area contributed by atoms with E-state index in [9.17, 15) is 8.42 Å². The molecule has 9 heteroatoms. The summed E-state index contributed by atoms with van der Waals surface area (Å²) >= 11 is 0. The van der Waals surface area contributed by atoms with E-state index in [2.05, 4.69) is 10.2 Å². The number of sulfonamides is 1. The summed E-state index contributed by atoms with van der Waals surface area (Å²) < 4.78 is 44.6. The first-order valence-electron chi connectivity index (χ1n) is 10.2. The molecule has 2 aliphatic rings. The van der Waals surface area contributed by atoms with E-state index >= 15 is 0 Å². The number of hydrogen-bond acceptors (Lipinski definition) is 7. The maximum absolute atomic E-state index is 13.2. The average Bonchev–Trinajstić information content (AvgIpc) is 3.45. The van der Waals surface area contributed by atoms with Gasteiger partial charge in [0, 0.05) is 18.7 Å². The summed E-state index contributed by atoms with van der Waals surface area (Å²) in [7, 11) is -3.58. The van der Waals surface area contributed by atoms with Gasteiger partial charge >= 0.3 is 0 Å². The second-order valence-corrected chi connectivity index (χ2v) is 9.90. The summed E-state index contributed by atoms with van der Waals surface area (Å²) in [5, 5.41) is 8.39. The van der Waals surface area contributed by atoms with E-state index < -0.39 is 10.0 Å². The molecule has 8 nitrogen and oxygen atoms in total. The summed E-state index contributed by atoms with van der Waals surface area (Å²) in [5.74, 6) is 2.00. The van der Waals surface area contributed by atoms with Crippen molar-refractivity contribution in [2.24, 2.45) is 0 Å². The first-order chi connectivity index (χ1) is 14.9. The Morgan fingerprint density at radius 1 is 1.00 bits per heavy atom. The fraction of sp³-hybridized carbons (Fsp3) is 0.364. The quantitative estimate of drug-likeness (QED) is 0.610. The molecule has 1 atom stereocenters. The Morgan fingerprint density at radius 3 is 2.68 bits per heavy atom. The lowest BCUT2D eigenvalue weighted by molar-refractivity contribution is 0.174. The second-order valence-electron chi connectivity index (χ2n) is 7.96. The highest BCUT2D eigenvalue weighted by molar-refractivity contribution is 7.89. The van der Waals surface area contributed by atoms with E-state index in [4.69, 9.17) is 13.9 Å². The SMILES string of the molecule is Cc1ccc(S(=O)(=O)N2CCC[C@H](c3nnc(-c4ccc5c(c4)OCO5)o3)C2)cc1C. The number of benzene rings is 2. The van der Waals surface area contributed by atoms with Crippen molar-refractivity contribution < 1.29 is 22.3 Å². The Bertz CT molecular complexity index is 1240. The lowest BCUT2D eigenvalue weighted by atomic mass is 10.00. The van der Waals surface area contributed by atoms with Crippen molar-refractivity contribution in [3.63, 3.8) is 0 Å². The molecule has 1 fully saturated rings. The molecule has 1 saturated heterocycles. The van der Waals surface area contributed by atoms with E-state index in [1.54, 1.807) is 24.3 Å². The van der Waals surface area contributed by atoms with Gasteiger partial charge in [-0.1, -0.05) is 6.07 Å². The van der Waals surface area contributed by atoms with E-state index in [1.165, 1.54) is 4.31 Å². The molecule has 3 aromatic rings. The second kappa shape index (κ2) is 7.65. The van der Waals surface area contributed by atoms with Crippen molar-refractivity contribution in [2.75, 3.05) is 19.9 Å². The molecule has 5 rings (SSSR count). The number of rotatable bonds is 4. The van der Waals surface area contributed by atoms with Crippen molar-refractivity contribution in [1.29, 1.82) is 0 Å². The molecule has 0 spiro atoms. The van der Waals surface area contributed by atoms with Crippen LogP contribution in [0.2, 0.25) is 0 Å². The van der Waals surface area contributed by atoms with Crippen LogP contribution in [0.1, 0.15) is 35.8 Å². The van der Waals surface area contributed by atoms with E-state index in [0.717, 1.165) is 29.5 Å². The molecule has 0 radical (unpaired) electrons. The topological polar surface area (TPSA) is 94.8 Å². The van der Waals surface area contributed by atoms with Crippen molar-refractivity contribution >= 4 is 10.0 Å². The van der Waals surface area contributed by atoms with E-state index in [-0.39, 0.29) is 12.7 Å². The number of fused-ring (bicyclic) bond motifs is 1. The van der Waals surface area contributed by atoms with Gasteiger partial charge in [0.05, 0.1) is 10.8 Å². The van der Waals surface area contributed by atoms with Crippen LogP contribution in [0.15, 0.2) is 45.7 Å². The highest BCUT2D eigenvalue weighted by atomic mass is 32.2. The maximum Gasteiger partial charge on any atom is 0.247 e. The number of aromatic nitrogens is 2. The minimum Gasteiger partial charge on any atom is -0.454 e. The smallest absolute Gasteiger partial charge is 0.247 e. The molecule has 0 aliphatic carbocycles. The molecule has 0 N–H and O–H groups in total. The van der Waals surface area contributed by atoms with Gasteiger partial charge in [-0.25, -0.2) is 8.42 Å². The van der Waals surface area contributed by atoms with Crippen LogP contribution in [0.4, 0.5) is 0 Å². The first-order valence-corrected chi connectivity index (χ1v) is 11.7. The molecule has 1 aromatic heterocycles. The van der Waals surface area contributed by atoms with Crippen molar-refractivity contribution in [1.82, 2.24) is 14.5 Å². The third-order valence-electron chi connectivity index (χ3n) is 5.91. The number of hydrogen-bond donors (Lipinski definition) is 0. The zero-order valence-corrected chi connectivity index (χ0v) is 18.2. The molecule has 0 bridgehead atoms. The highest BCUT2D eigenvalue weighted by Crippen LogP contribution is 2.36. The zero-order chi connectivity index (χ0) is 21.6. The predicted octanol–water partition coefficient (Wildman–Crippen LogP) is 3.65. The maximum atomic E-state index is 13.2.